The summed E-state index contributed by atoms with van der Waals surface area (Å²) in [6.45, 7) is 0. The molecule has 0 N–H and O–H groups in total. The summed E-state index contributed by atoms with van der Waals surface area (Å²) in [7, 11) is 1.63. The number of aromatic nitrogens is 2. The largest absolute Gasteiger partial charge is 0.494 e. The molecule has 2 aromatic carbocycles. The molecule has 0 amide bonds. The van der Waals surface area contributed by atoms with E-state index >= 15 is 0 Å². The molecule has 0 radical (unpaired) electrons. The first kappa shape index (κ1) is 13.3. The Balaban J connectivity index is 2.47. The van der Waals surface area contributed by atoms with Crippen LogP contribution in [0.15, 0.2) is 37.7 Å². The van der Waals surface area contributed by atoms with Crippen molar-refractivity contribution >= 4 is 69.9 Å². The predicted octanol–water partition coefficient (Wildman–Crippen LogP) is 5.08. The van der Waals surface area contributed by atoms with Crippen LogP contribution in [-0.4, -0.2) is 17.1 Å². The summed E-state index contributed by atoms with van der Waals surface area (Å²) in [6.07, 6.45) is 0. The maximum atomic E-state index is 5.34. The Morgan fingerprint density at radius 2 is 1.42 bits per heavy atom. The molecule has 19 heavy (non-hydrogen) atoms. The molecule has 0 saturated carbocycles. The number of nitrogens with zero attached hydrogens (tertiary/aromatic N) is 2. The Labute approximate surface area is 134 Å². The molecule has 1 aromatic heterocycles. The van der Waals surface area contributed by atoms with E-state index in [-0.39, 0.29) is 0 Å². The summed E-state index contributed by atoms with van der Waals surface area (Å²) in [5.74, 6) is 0.714. The zero-order valence-corrected chi connectivity index (χ0v) is 14.5. The van der Waals surface area contributed by atoms with Crippen LogP contribution < -0.4 is 4.74 Å². The van der Waals surface area contributed by atoms with Crippen LogP contribution in [0.1, 0.15) is 0 Å². The molecule has 0 fully saturated rings. The second-order valence-corrected chi connectivity index (χ2v) is 6.49. The molecule has 0 aliphatic carbocycles. The fourth-order valence-corrected chi connectivity index (χ4v) is 2.93. The molecule has 3 aromatic rings. The number of benzene rings is 2. The van der Waals surface area contributed by atoms with Gasteiger partial charge in [0.25, 0.3) is 0 Å². The van der Waals surface area contributed by atoms with Gasteiger partial charge < -0.3 is 4.74 Å². The minimum atomic E-state index is 0.714. The summed E-state index contributed by atoms with van der Waals surface area (Å²) in [5.41, 5.74) is 3.19. The summed E-state index contributed by atoms with van der Waals surface area (Å²) in [6, 6.07) is 7.67. The number of methoxy groups -OCH3 is 1. The maximum Gasteiger partial charge on any atom is 0.146 e. The Morgan fingerprint density at radius 1 is 0.842 bits per heavy atom. The van der Waals surface area contributed by atoms with Gasteiger partial charge in [0, 0.05) is 13.4 Å². The van der Waals surface area contributed by atoms with Gasteiger partial charge in [0.15, 0.2) is 0 Å². The first-order chi connectivity index (χ1) is 9.10. The van der Waals surface area contributed by atoms with Gasteiger partial charge in [-0.15, -0.1) is 0 Å². The lowest BCUT2D eigenvalue weighted by Gasteiger charge is -2.08. The predicted molar refractivity (Wildman–Crippen MR) is 86.7 cm³/mol. The van der Waals surface area contributed by atoms with Crippen molar-refractivity contribution < 1.29 is 4.74 Å². The molecule has 0 unspecified atom stereocenters. The molecule has 0 aliphatic rings. The molecule has 0 spiro atoms. The van der Waals surface area contributed by atoms with Gasteiger partial charge in [-0.3, -0.25) is 0 Å². The number of hydrogen-bond donors (Lipinski definition) is 0. The normalized spacial score (nSPS) is 11.2. The Bertz CT molecular complexity index is 805. The van der Waals surface area contributed by atoms with Gasteiger partial charge in [0.2, 0.25) is 0 Å². The molecular weight excluding hydrogens is 440 g/mol. The highest BCUT2D eigenvalue weighted by Gasteiger charge is 2.11. The lowest BCUT2D eigenvalue weighted by atomic mass is 10.2. The Kier molecular flexibility index (Phi) is 3.49. The zero-order chi connectivity index (χ0) is 13.6. The van der Waals surface area contributed by atoms with E-state index < -0.39 is 0 Å². The van der Waals surface area contributed by atoms with Crippen molar-refractivity contribution in [3.63, 3.8) is 0 Å². The van der Waals surface area contributed by atoms with Gasteiger partial charge in [0.1, 0.15) is 16.8 Å². The van der Waals surface area contributed by atoms with Crippen LogP contribution in [0.4, 0.5) is 0 Å². The van der Waals surface area contributed by atoms with Crippen LogP contribution >= 0.6 is 47.8 Å². The molecule has 1 heterocycles. The topological polar surface area (TPSA) is 35.0 Å². The monoisotopic (exact) mass is 444 g/mol. The quantitative estimate of drug-likeness (QED) is 0.489. The standard InChI is InChI=1S/C13H7Br3N2O/c1-19-11-3-2-6(14)12-13(11)18-10-5-8(16)7(15)4-9(10)17-12/h2-5H,1H3. The van der Waals surface area contributed by atoms with Gasteiger partial charge in [-0.1, -0.05) is 0 Å². The first-order valence-electron chi connectivity index (χ1n) is 5.39. The Morgan fingerprint density at radius 3 is 2.00 bits per heavy atom. The van der Waals surface area contributed by atoms with Crippen molar-refractivity contribution in [3.8, 4) is 5.75 Å². The van der Waals surface area contributed by atoms with Crippen molar-refractivity contribution in [2.75, 3.05) is 7.11 Å². The van der Waals surface area contributed by atoms with E-state index in [0.717, 1.165) is 35.5 Å². The van der Waals surface area contributed by atoms with E-state index in [9.17, 15) is 0 Å². The summed E-state index contributed by atoms with van der Waals surface area (Å²) < 4.78 is 8.14. The van der Waals surface area contributed by atoms with Gasteiger partial charge >= 0.3 is 0 Å². The molecule has 3 rings (SSSR count). The third kappa shape index (κ3) is 2.26. The number of rotatable bonds is 1. The number of fused-ring (bicyclic) bond motifs is 2. The number of ether oxygens (including phenoxy) is 1. The lowest BCUT2D eigenvalue weighted by molar-refractivity contribution is 0.419. The van der Waals surface area contributed by atoms with E-state index in [0.29, 0.717) is 5.75 Å². The van der Waals surface area contributed by atoms with E-state index in [1.54, 1.807) is 7.11 Å². The van der Waals surface area contributed by atoms with E-state index in [4.69, 9.17) is 4.74 Å². The number of hydrogen-bond acceptors (Lipinski definition) is 3. The first-order valence-corrected chi connectivity index (χ1v) is 7.77. The molecular formula is C13H7Br3N2O. The smallest absolute Gasteiger partial charge is 0.146 e. The maximum absolute atomic E-state index is 5.34. The second kappa shape index (κ2) is 5.00. The van der Waals surface area contributed by atoms with Gasteiger partial charge in [-0.25, -0.2) is 9.97 Å². The molecule has 0 aliphatic heterocycles. The average Bonchev–Trinajstić information content (AvgIpc) is 2.39. The van der Waals surface area contributed by atoms with Gasteiger partial charge in [-0.2, -0.15) is 0 Å². The summed E-state index contributed by atoms with van der Waals surface area (Å²) in [4.78, 5) is 9.29. The zero-order valence-electron chi connectivity index (χ0n) is 9.75. The molecule has 0 atom stereocenters. The average molecular weight is 447 g/mol. The molecule has 0 bridgehead atoms. The third-order valence-electron chi connectivity index (χ3n) is 2.77. The fourth-order valence-electron chi connectivity index (χ4n) is 1.86. The summed E-state index contributed by atoms with van der Waals surface area (Å²) >= 11 is 10.5. The van der Waals surface area contributed by atoms with E-state index in [1.807, 2.05) is 24.3 Å². The van der Waals surface area contributed by atoms with Gasteiger partial charge in [-0.05, 0) is 72.1 Å². The van der Waals surface area contributed by atoms with Crippen molar-refractivity contribution in [1.29, 1.82) is 0 Å². The lowest BCUT2D eigenvalue weighted by Crippen LogP contribution is -1.93. The fraction of sp³-hybridized carbons (Fsp3) is 0.0769. The van der Waals surface area contributed by atoms with Gasteiger partial charge in [0.05, 0.1) is 18.1 Å². The molecule has 3 nitrogen and oxygen atoms in total. The molecule has 6 heteroatoms. The third-order valence-corrected chi connectivity index (χ3v) is 5.25. The van der Waals surface area contributed by atoms with Crippen molar-refractivity contribution in [2.45, 2.75) is 0 Å². The van der Waals surface area contributed by atoms with Crippen LogP contribution in [0.2, 0.25) is 0 Å². The molecule has 96 valence electrons. The van der Waals surface area contributed by atoms with Crippen LogP contribution in [0.5, 0.6) is 5.75 Å². The Hall–Kier alpha value is -0.720. The van der Waals surface area contributed by atoms with Crippen LogP contribution in [0.25, 0.3) is 22.1 Å². The van der Waals surface area contributed by atoms with E-state index in [2.05, 4.69) is 57.8 Å². The van der Waals surface area contributed by atoms with Crippen LogP contribution in [0.3, 0.4) is 0 Å². The highest BCUT2D eigenvalue weighted by Crippen LogP contribution is 2.33. The minimum absolute atomic E-state index is 0.714. The SMILES string of the molecule is COc1ccc(Br)c2nc3cc(Br)c(Br)cc3nc12. The van der Waals surface area contributed by atoms with Crippen LogP contribution in [-0.2, 0) is 0 Å². The van der Waals surface area contributed by atoms with Crippen molar-refractivity contribution in [2.24, 2.45) is 0 Å². The minimum Gasteiger partial charge on any atom is -0.494 e. The highest BCUT2D eigenvalue weighted by molar-refractivity contribution is 9.13. The molecule has 0 saturated heterocycles. The van der Waals surface area contributed by atoms with Crippen LogP contribution in [0, 0.1) is 0 Å². The van der Waals surface area contributed by atoms with Crippen molar-refractivity contribution in [3.05, 3.63) is 37.7 Å². The summed E-state index contributed by atoms with van der Waals surface area (Å²) in [5, 5.41) is 0. The number of halogens is 3. The van der Waals surface area contributed by atoms with Crippen molar-refractivity contribution in [1.82, 2.24) is 9.97 Å². The highest BCUT2D eigenvalue weighted by atomic mass is 79.9. The van der Waals surface area contributed by atoms with E-state index in [1.165, 1.54) is 0 Å². The second-order valence-electron chi connectivity index (χ2n) is 3.93.